The largest absolute Gasteiger partial charge is 0.469 e. The van der Waals surface area contributed by atoms with Crippen molar-refractivity contribution in [1.29, 1.82) is 0 Å². The van der Waals surface area contributed by atoms with Gasteiger partial charge in [-0.05, 0) is 32.1 Å². The summed E-state index contributed by atoms with van der Waals surface area (Å²) < 4.78 is 30.6. The molecule has 0 radical (unpaired) electrons. The van der Waals surface area contributed by atoms with Crippen LogP contribution in [0, 0.1) is 0 Å². The van der Waals surface area contributed by atoms with Crippen molar-refractivity contribution in [2.45, 2.75) is 50.6 Å². The average molecular weight is 278 g/mol. The van der Waals surface area contributed by atoms with Gasteiger partial charge in [-0.1, -0.05) is 0 Å². The molecule has 1 rings (SSSR count). The van der Waals surface area contributed by atoms with Gasteiger partial charge >= 0.3 is 5.97 Å². The standard InChI is InChI=1S/C11H22N2O4S/c1-17-11(14)3-2-8-18(15,16)13-10-6-4-9(12)5-7-10/h9-10,13H,2-8,12H2,1H3. The van der Waals surface area contributed by atoms with Crippen LogP contribution in [-0.2, 0) is 19.6 Å². The number of rotatable bonds is 6. The number of nitrogens with two attached hydrogens (primary N) is 1. The van der Waals surface area contributed by atoms with Crippen LogP contribution in [0.25, 0.3) is 0 Å². The second-order valence-electron chi connectivity index (χ2n) is 4.73. The van der Waals surface area contributed by atoms with E-state index in [0.29, 0.717) is 0 Å². The minimum Gasteiger partial charge on any atom is -0.469 e. The van der Waals surface area contributed by atoms with Crippen LogP contribution < -0.4 is 10.5 Å². The van der Waals surface area contributed by atoms with E-state index in [1.807, 2.05) is 0 Å². The summed E-state index contributed by atoms with van der Waals surface area (Å²) in [5, 5.41) is 0. The Morgan fingerprint density at radius 1 is 1.33 bits per heavy atom. The molecule has 0 amide bonds. The molecular formula is C11H22N2O4S. The van der Waals surface area contributed by atoms with Gasteiger partial charge in [0.15, 0.2) is 0 Å². The Morgan fingerprint density at radius 2 is 1.94 bits per heavy atom. The molecule has 0 aromatic heterocycles. The number of sulfonamides is 1. The molecule has 1 fully saturated rings. The Kier molecular flexibility index (Phi) is 6.04. The summed E-state index contributed by atoms with van der Waals surface area (Å²) in [6, 6.07) is 0.193. The fraction of sp³-hybridized carbons (Fsp3) is 0.909. The predicted molar refractivity (Wildman–Crippen MR) is 68.4 cm³/mol. The van der Waals surface area contributed by atoms with Crippen molar-refractivity contribution in [2.24, 2.45) is 5.73 Å². The highest BCUT2D eigenvalue weighted by molar-refractivity contribution is 7.89. The summed E-state index contributed by atoms with van der Waals surface area (Å²) in [5.41, 5.74) is 5.76. The Balaban J connectivity index is 2.29. The summed E-state index contributed by atoms with van der Waals surface area (Å²) in [6.07, 6.45) is 3.71. The quantitative estimate of drug-likeness (QED) is 0.673. The van der Waals surface area contributed by atoms with Crippen LogP contribution >= 0.6 is 0 Å². The number of ether oxygens (including phenoxy) is 1. The van der Waals surface area contributed by atoms with Crippen molar-refractivity contribution in [3.05, 3.63) is 0 Å². The van der Waals surface area contributed by atoms with Gasteiger partial charge in [0, 0.05) is 18.5 Å². The fourth-order valence-electron chi connectivity index (χ4n) is 2.06. The fourth-order valence-corrected chi connectivity index (χ4v) is 3.44. The van der Waals surface area contributed by atoms with Crippen LogP contribution in [-0.4, -0.2) is 39.3 Å². The van der Waals surface area contributed by atoms with Gasteiger partial charge in [-0.25, -0.2) is 13.1 Å². The highest BCUT2D eigenvalue weighted by Gasteiger charge is 2.22. The first-order valence-electron chi connectivity index (χ1n) is 6.25. The van der Waals surface area contributed by atoms with E-state index in [0.717, 1.165) is 25.7 Å². The van der Waals surface area contributed by atoms with Crippen molar-refractivity contribution < 1.29 is 17.9 Å². The Hall–Kier alpha value is -0.660. The number of carbonyl (C=O) groups is 1. The van der Waals surface area contributed by atoms with Gasteiger partial charge in [0.2, 0.25) is 10.0 Å². The van der Waals surface area contributed by atoms with Crippen molar-refractivity contribution in [3.8, 4) is 0 Å². The Morgan fingerprint density at radius 3 is 2.50 bits per heavy atom. The normalized spacial score (nSPS) is 24.8. The molecule has 1 saturated carbocycles. The molecule has 6 nitrogen and oxygen atoms in total. The van der Waals surface area contributed by atoms with E-state index >= 15 is 0 Å². The molecule has 0 aromatic carbocycles. The van der Waals surface area contributed by atoms with E-state index in [-0.39, 0.29) is 36.6 Å². The maximum absolute atomic E-state index is 11.8. The van der Waals surface area contributed by atoms with Gasteiger partial charge in [0.1, 0.15) is 0 Å². The molecule has 0 aromatic rings. The van der Waals surface area contributed by atoms with E-state index in [9.17, 15) is 13.2 Å². The molecule has 1 aliphatic carbocycles. The van der Waals surface area contributed by atoms with Crippen LogP contribution in [0.2, 0.25) is 0 Å². The third kappa shape index (κ3) is 5.79. The molecule has 18 heavy (non-hydrogen) atoms. The molecule has 7 heteroatoms. The Bertz CT molecular complexity index is 361. The second-order valence-corrected chi connectivity index (χ2v) is 6.60. The molecule has 0 saturated heterocycles. The zero-order valence-corrected chi connectivity index (χ0v) is 11.5. The van der Waals surface area contributed by atoms with Gasteiger partial charge in [-0.3, -0.25) is 4.79 Å². The average Bonchev–Trinajstić information content (AvgIpc) is 2.31. The van der Waals surface area contributed by atoms with Crippen LogP contribution in [0.15, 0.2) is 0 Å². The topological polar surface area (TPSA) is 98.5 Å². The predicted octanol–water partition coefficient (Wildman–Crippen LogP) is 0.129. The molecular weight excluding hydrogens is 256 g/mol. The van der Waals surface area contributed by atoms with Crippen LogP contribution in [0.3, 0.4) is 0 Å². The minimum absolute atomic E-state index is 0.00655. The first kappa shape index (κ1) is 15.4. The van der Waals surface area contributed by atoms with Gasteiger partial charge in [-0.15, -0.1) is 0 Å². The number of esters is 1. The monoisotopic (exact) mass is 278 g/mol. The number of hydrogen-bond acceptors (Lipinski definition) is 5. The first-order chi connectivity index (χ1) is 8.43. The van der Waals surface area contributed by atoms with E-state index in [4.69, 9.17) is 5.73 Å². The van der Waals surface area contributed by atoms with Crippen molar-refractivity contribution >= 4 is 16.0 Å². The molecule has 0 unspecified atom stereocenters. The van der Waals surface area contributed by atoms with Crippen LogP contribution in [0.5, 0.6) is 0 Å². The lowest BCUT2D eigenvalue weighted by molar-refractivity contribution is -0.140. The number of hydrogen-bond donors (Lipinski definition) is 2. The minimum atomic E-state index is -3.30. The second kappa shape index (κ2) is 7.06. The molecule has 3 N–H and O–H groups in total. The summed E-state index contributed by atoms with van der Waals surface area (Å²) >= 11 is 0. The zero-order valence-electron chi connectivity index (χ0n) is 10.7. The van der Waals surface area contributed by atoms with Crippen molar-refractivity contribution in [3.63, 3.8) is 0 Å². The molecule has 0 bridgehead atoms. The maximum atomic E-state index is 11.8. The first-order valence-corrected chi connectivity index (χ1v) is 7.90. The van der Waals surface area contributed by atoms with Crippen LogP contribution in [0.1, 0.15) is 38.5 Å². The molecule has 106 valence electrons. The summed E-state index contributed by atoms with van der Waals surface area (Å²) in [7, 11) is -2.01. The van der Waals surface area contributed by atoms with E-state index in [1.165, 1.54) is 7.11 Å². The summed E-state index contributed by atoms with van der Waals surface area (Å²) in [5.74, 6) is -0.418. The van der Waals surface area contributed by atoms with Gasteiger partial charge < -0.3 is 10.5 Å². The van der Waals surface area contributed by atoms with Crippen molar-refractivity contribution in [1.82, 2.24) is 4.72 Å². The lowest BCUT2D eigenvalue weighted by Crippen LogP contribution is -2.41. The SMILES string of the molecule is COC(=O)CCCS(=O)(=O)NC1CCC(N)CC1. The van der Waals surface area contributed by atoms with Gasteiger partial charge in [0.25, 0.3) is 0 Å². The Labute approximate surface area is 108 Å². The van der Waals surface area contributed by atoms with Crippen LogP contribution in [0.4, 0.5) is 0 Å². The molecule has 0 heterocycles. The van der Waals surface area contributed by atoms with E-state index < -0.39 is 10.0 Å². The maximum Gasteiger partial charge on any atom is 0.305 e. The molecule has 1 aliphatic rings. The third-order valence-electron chi connectivity index (χ3n) is 3.14. The summed E-state index contributed by atoms with van der Waals surface area (Å²) in [4.78, 5) is 10.9. The number of nitrogens with one attached hydrogen (secondary N) is 1. The molecule has 0 aliphatic heterocycles. The van der Waals surface area contributed by atoms with Gasteiger partial charge in [-0.2, -0.15) is 0 Å². The molecule has 0 spiro atoms. The zero-order chi connectivity index (χ0) is 13.6. The van der Waals surface area contributed by atoms with Crippen molar-refractivity contribution in [2.75, 3.05) is 12.9 Å². The lowest BCUT2D eigenvalue weighted by Gasteiger charge is -2.26. The number of methoxy groups -OCH3 is 1. The third-order valence-corrected chi connectivity index (χ3v) is 4.66. The van der Waals surface area contributed by atoms with Gasteiger partial charge in [0.05, 0.1) is 12.9 Å². The van der Waals surface area contributed by atoms with E-state index in [1.54, 1.807) is 0 Å². The number of carbonyl (C=O) groups excluding carboxylic acids is 1. The smallest absolute Gasteiger partial charge is 0.305 e. The highest BCUT2D eigenvalue weighted by atomic mass is 32.2. The lowest BCUT2D eigenvalue weighted by atomic mass is 9.93. The highest BCUT2D eigenvalue weighted by Crippen LogP contribution is 2.17. The summed E-state index contributed by atoms with van der Waals surface area (Å²) in [6.45, 7) is 0. The molecule has 0 atom stereocenters. The van der Waals surface area contributed by atoms with E-state index in [2.05, 4.69) is 9.46 Å².